The van der Waals surface area contributed by atoms with Gasteiger partial charge in [0, 0.05) is 24.9 Å². The van der Waals surface area contributed by atoms with Gasteiger partial charge in [0.25, 0.3) is 0 Å². The average molecular weight is 299 g/mol. The fraction of sp³-hybridized carbons (Fsp3) is 0.588. The molecule has 5 heteroatoms. The van der Waals surface area contributed by atoms with Crippen LogP contribution in [-0.2, 0) is 13.0 Å². The number of aryl methyl sites for hydroxylation is 2. The molecule has 22 heavy (non-hydrogen) atoms. The molecule has 5 nitrogen and oxygen atoms in total. The van der Waals surface area contributed by atoms with E-state index in [1.165, 1.54) is 25.9 Å². The summed E-state index contributed by atoms with van der Waals surface area (Å²) in [7, 11) is 2.20. The highest BCUT2D eigenvalue weighted by Crippen LogP contribution is 2.22. The van der Waals surface area contributed by atoms with Crippen LogP contribution in [-0.4, -0.2) is 44.8 Å². The third-order valence-corrected chi connectivity index (χ3v) is 4.49. The highest BCUT2D eigenvalue weighted by Gasteiger charge is 2.19. The second-order valence-corrected chi connectivity index (χ2v) is 6.29. The molecule has 1 aliphatic rings. The van der Waals surface area contributed by atoms with Gasteiger partial charge in [-0.25, -0.2) is 9.97 Å². The van der Waals surface area contributed by atoms with Gasteiger partial charge in [-0.3, -0.25) is 4.68 Å². The fourth-order valence-electron chi connectivity index (χ4n) is 3.18. The van der Waals surface area contributed by atoms with E-state index in [0.717, 1.165) is 35.9 Å². The molecule has 1 fully saturated rings. The van der Waals surface area contributed by atoms with E-state index in [9.17, 15) is 0 Å². The van der Waals surface area contributed by atoms with Crippen molar-refractivity contribution in [2.75, 3.05) is 20.1 Å². The third kappa shape index (κ3) is 3.35. The van der Waals surface area contributed by atoms with Gasteiger partial charge in [0.1, 0.15) is 5.82 Å². The number of nitrogens with zero attached hydrogens (tertiary/aromatic N) is 5. The summed E-state index contributed by atoms with van der Waals surface area (Å²) in [6.45, 7) is 7.38. The number of hydrogen-bond acceptors (Lipinski definition) is 4. The lowest BCUT2D eigenvalue weighted by Crippen LogP contribution is -2.31. The van der Waals surface area contributed by atoms with Gasteiger partial charge in [-0.1, -0.05) is 0 Å². The molecule has 0 radical (unpaired) electrons. The van der Waals surface area contributed by atoms with Crippen LogP contribution >= 0.6 is 0 Å². The van der Waals surface area contributed by atoms with Crippen LogP contribution < -0.4 is 0 Å². The van der Waals surface area contributed by atoms with E-state index >= 15 is 0 Å². The Hall–Kier alpha value is -1.75. The Kier molecular flexibility index (Phi) is 4.52. The van der Waals surface area contributed by atoms with Crippen LogP contribution in [0.15, 0.2) is 18.3 Å². The average Bonchev–Trinajstić information content (AvgIpc) is 2.97. The predicted octanol–water partition coefficient (Wildman–Crippen LogP) is 2.55. The van der Waals surface area contributed by atoms with E-state index in [2.05, 4.69) is 41.9 Å². The normalized spacial score (nSPS) is 17.0. The molecule has 2 aromatic rings. The standard InChI is InChI=1S/C17H25N5/c1-4-22-16(5-8-18-22)15-11-13(2)19-17(20-15)12-14-6-9-21(3)10-7-14/h5,8,11,14H,4,6-7,9-10,12H2,1-3H3. The largest absolute Gasteiger partial charge is 0.306 e. The summed E-state index contributed by atoms with van der Waals surface area (Å²) in [6.07, 6.45) is 5.32. The first-order chi connectivity index (χ1) is 10.7. The summed E-state index contributed by atoms with van der Waals surface area (Å²) >= 11 is 0. The van der Waals surface area contributed by atoms with Crippen molar-refractivity contribution >= 4 is 0 Å². The zero-order chi connectivity index (χ0) is 15.5. The highest BCUT2D eigenvalue weighted by molar-refractivity contribution is 5.54. The molecule has 2 aromatic heterocycles. The van der Waals surface area contributed by atoms with Gasteiger partial charge in [0.2, 0.25) is 0 Å². The number of piperidine rings is 1. The van der Waals surface area contributed by atoms with Crippen molar-refractivity contribution in [3.63, 3.8) is 0 Å². The molecule has 1 aliphatic heterocycles. The highest BCUT2D eigenvalue weighted by atomic mass is 15.3. The Balaban J connectivity index is 1.81. The van der Waals surface area contributed by atoms with Gasteiger partial charge in [0.05, 0.1) is 11.4 Å². The molecule has 0 atom stereocenters. The lowest BCUT2D eigenvalue weighted by Gasteiger charge is -2.28. The summed E-state index contributed by atoms with van der Waals surface area (Å²) in [6, 6.07) is 4.09. The Morgan fingerprint density at radius 2 is 2.00 bits per heavy atom. The molecule has 0 aromatic carbocycles. The predicted molar refractivity (Wildman–Crippen MR) is 87.6 cm³/mol. The summed E-state index contributed by atoms with van der Waals surface area (Å²) in [5.74, 6) is 1.69. The Morgan fingerprint density at radius 1 is 1.23 bits per heavy atom. The van der Waals surface area contributed by atoms with Crippen molar-refractivity contribution in [2.45, 2.75) is 39.7 Å². The minimum atomic E-state index is 0.710. The van der Waals surface area contributed by atoms with E-state index < -0.39 is 0 Å². The zero-order valence-electron chi connectivity index (χ0n) is 13.8. The van der Waals surface area contributed by atoms with Crippen molar-refractivity contribution in [3.05, 3.63) is 29.8 Å². The van der Waals surface area contributed by atoms with Crippen LogP contribution in [0.2, 0.25) is 0 Å². The quantitative estimate of drug-likeness (QED) is 0.870. The lowest BCUT2D eigenvalue weighted by atomic mass is 9.93. The fourth-order valence-corrected chi connectivity index (χ4v) is 3.18. The van der Waals surface area contributed by atoms with Crippen molar-refractivity contribution < 1.29 is 0 Å². The maximum atomic E-state index is 4.81. The molecule has 0 N–H and O–H groups in total. The molecule has 118 valence electrons. The molecule has 3 heterocycles. The molecule has 0 bridgehead atoms. The smallest absolute Gasteiger partial charge is 0.129 e. The SMILES string of the molecule is CCn1nccc1-c1cc(C)nc(CC2CCN(C)CC2)n1. The molecule has 1 saturated heterocycles. The van der Waals surface area contributed by atoms with Gasteiger partial charge in [-0.15, -0.1) is 0 Å². The van der Waals surface area contributed by atoms with Gasteiger partial charge in [-0.05, 0) is 64.9 Å². The van der Waals surface area contributed by atoms with Crippen LogP contribution in [0.5, 0.6) is 0 Å². The lowest BCUT2D eigenvalue weighted by molar-refractivity contribution is 0.217. The van der Waals surface area contributed by atoms with Crippen molar-refractivity contribution in [1.29, 1.82) is 0 Å². The van der Waals surface area contributed by atoms with E-state index in [1.54, 1.807) is 0 Å². The number of hydrogen-bond donors (Lipinski definition) is 0. The third-order valence-electron chi connectivity index (χ3n) is 4.49. The van der Waals surface area contributed by atoms with Crippen LogP contribution in [0.4, 0.5) is 0 Å². The molecule has 3 rings (SSSR count). The Morgan fingerprint density at radius 3 is 2.73 bits per heavy atom. The maximum Gasteiger partial charge on any atom is 0.129 e. The second-order valence-electron chi connectivity index (χ2n) is 6.29. The minimum Gasteiger partial charge on any atom is -0.306 e. The van der Waals surface area contributed by atoms with Gasteiger partial charge in [-0.2, -0.15) is 5.10 Å². The van der Waals surface area contributed by atoms with Crippen LogP contribution in [0.3, 0.4) is 0 Å². The Labute approximate surface area is 132 Å². The summed E-state index contributed by atoms with van der Waals surface area (Å²) in [5.41, 5.74) is 3.11. The minimum absolute atomic E-state index is 0.710. The molecule has 0 spiro atoms. The Bertz CT molecular complexity index is 626. The summed E-state index contributed by atoms with van der Waals surface area (Å²) in [4.78, 5) is 11.9. The first-order valence-corrected chi connectivity index (χ1v) is 8.21. The van der Waals surface area contributed by atoms with E-state index in [0.29, 0.717) is 5.92 Å². The number of aromatic nitrogens is 4. The molecular formula is C17H25N5. The molecule has 0 aliphatic carbocycles. The van der Waals surface area contributed by atoms with Crippen LogP contribution in [0, 0.1) is 12.8 Å². The van der Waals surface area contributed by atoms with Crippen molar-refractivity contribution in [2.24, 2.45) is 5.92 Å². The molecule has 0 saturated carbocycles. The first kappa shape index (κ1) is 15.2. The molecule has 0 amide bonds. The van der Waals surface area contributed by atoms with Crippen LogP contribution in [0.25, 0.3) is 11.4 Å². The van der Waals surface area contributed by atoms with E-state index in [1.807, 2.05) is 16.9 Å². The van der Waals surface area contributed by atoms with E-state index in [4.69, 9.17) is 4.98 Å². The maximum absolute atomic E-state index is 4.81. The van der Waals surface area contributed by atoms with Crippen molar-refractivity contribution in [1.82, 2.24) is 24.6 Å². The van der Waals surface area contributed by atoms with Gasteiger partial charge in [0.15, 0.2) is 0 Å². The zero-order valence-corrected chi connectivity index (χ0v) is 13.8. The second kappa shape index (κ2) is 6.57. The monoisotopic (exact) mass is 299 g/mol. The van der Waals surface area contributed by atoms with E-state index in [-0.39, 0.29) is 0 Å². The van der Waals surface area contributed by atoms with Gasteiger partial charge < -0.3 is 4.90 Å². The first-order valence-electron chi connectivity index (χ1n) is 8.21. The summed E-state index contributed by atoms with van der Waals surface area (Å²) in [5, 5.41) is 4.35. The van der Waals surface area contributed by atoms with Gasteiger partial charge >= 0.3 is 0 Å². The number of likely N-dealkylation sites (tertiary alicyclic amines) is 1. The molecular weight excluding hydrogens is 274 g/mol. The number of rotatable bonds is 4. The topological polar surface area (TPSA) is 46.8 Å². The van der Waals surface area contributed by atoms with Crippen LogP contribution in [0.1, 0.15) is 31.3 Å². The molecule has 0 unspecified atom stereocenters. The van der Waals surface area contributed by atoms with Crippen molar-refractivity contribution in [3.8, 4) is 11.4 Å². The summed E-state index contributed by atoms with van der Waals surface area (Å²) < 4.78 is 1.99.